The number of benzene rings is 1. The maximum Gasteiger partial charge on any atom is 0.246 e. The lowest BCUT2D eigenvalue weighted by Crippen LogP contribution is -2.39. The van der Waals surface area contributed by atoms with Gasteiger partial charge in [-0.1, -0.05) is 0 Å². The average Bonchev–Trinajstić information content (AvgIpc) is 2.35. The number of ether oxygens (including phenoxy) is 1. The summed E-state index contributed by atoms with van der Waals surface area (Å²) in [6, 6.07) is 5.44. The van der Waals surface area contributed by atoms with E-state index in [4.69, 9.17) is 4.74 Å². The zero-order valence-corrected chi connectivity index (χ0v) is 10.8. The SMILES string of the molecule is COc1ccc2c(c1)NC(CCSC)C(=O)N2. The van der Waals surface area contributed by atoms with Crippen LogP contribution in [0, 0.1) is 0 Å². The Morgan fingerprint density at radius 3 is 2.94 bits per heavy atom. The molecule has 2 rings (SSSR count). The lowest BCUT2D eigenvalue weighted by molar-refractivity contribution is -0.117. The van der Waals surface area contributed by atoms with Crippen molar-refractivity contribution in [3.8, 4) is 5.75 Å². The first kappa shape index (κ1) is 12.1. The smallest absolute Gasteiger partial charge is 0.246 e. The van der Waals surface area contributed by atoms with Gasteiger partial charge in [-0.25, -0.2) is 0 Å². The maximum absolute atomic E-state index is 11.8. The van der Waals surface area contributed by atoms with Crippen LogP contribution in [0.5, 0.6) is 5.75 Å². The highest BCUT2D eigenvalue weighted by molar-refractivity contribution is 7.98. The Bertz CT molecular complexity index is 423. The lowest BCUT2D eigenvalue weighted by atomic mass is 10.1. The Morgan fingerprint density at radius 1 is 1.41 bits per heavy atom. The minimum Gasteiger partial charge on any atom is -0.497 e. The van der Waals surface area contributed by atoms with Gasteiger partial charge in [-0.15, -0.1) is 0 Å². The van der Waals surface area contributed by atoms with Crippen molar-refractivity contribution in [2.24, 2.45) is 0 Å². The van der Waals surface area contributed by atoms with Gasteiger partial charge >= 0.3 is 0 Å². The van der Waals surface area contributed by atoms with Gasteiger partial charge in [0.1, 0.15) is 11.8 Å². The number of carbonyl (C=O) groups excluding carboxylic acids is 1. The van der Waals surface area contributed by atoms with E-state index in [-0.39, 0.29) is 11.9 Å². The van der Waals surface area contributed by atoms with Crippen molar-refractivity contribution in [2.45, 2.75) is 12.5 Å². The van der Waals surface area contributed by atoms with E-state index in [0.717, 1.165) is 29.3 Å². The summed E-state index contributed by atoms with van der Waals surface area (Å²) in [5.74, 6) is 1.79. The summed E-state index contributed by atoms with van der Waals surface area (Å²) in [6.45, 7) is 0. The number of fused-ring (bicyclic) bond motifs is 1. The molecule has 4 nitrogen and oxygen atoms in total. The largest absolute Gasteiger partial charge is 0.497 e. The maximum atomic E-state index is 11.8. The van der Waals surface area contributed by atoms with Gasteiger partial charge in [0.25, 0.3) is 0 Å². The van der Waals surface area contributed by atoms with E-state index >= 15 is 0 Å². The number of methoxy groups -OCH3 is 1. The van der Waals surface area contributed by atoms with Crippen LogP contribution in [0.25, 0.3) is 0 Å². The molecule has 1 aromatic carbocycles. The number of hydrogen-bond donors (Lipinski definition) is 2. The lowest BCUT2D eigenvalue weighted by Gasteiger charge is -2.27. The van der Waals surface area contributed by atoms with Crippen LogP contribution in [0.3, 0.4) is 0 Å². The second-order valence-electron chi connectivity index (χ2n) is 3.88. The molecule has 5 heteroatoms. The molecule has 0 fully saturated rings. The molecule has 1 unspecified atom stereocenters. The molecular weight excluding hydrogens is 236 g/mol. The van der Waals surface area contributed by atoms with E-state index in [2.05, 4.69) is 10.6 Å². The molecule has 0 radical (unpaired) electrons. The van der Waals surface area contributed by atoms with Crippen LogP contribution < -0.4 is 15.4 Å². The van der Waals surface area contributed by atoms with Gasteiger partial charge in [-0.05, 0) is 30.6 Å². The second-order valence-corrected chi connectivity index (χ2v) is 4.86. The summed E-state index contributed by atoms with van der Waals surface area (Å²) in [5, 5.41) is 6.15. The van der Waals surface area contributed by atoms with Gasteiger partial charge in [-0.2, -0.15) is 11.8 Å². The molecule has 1 aliphatic rings. The summed E-state index contributed by atoms with van der Waals surface area (Å²) in [4.78, 5) is 11.8. The zero-order chi connectivity index (χ0) is 12.3. The monoisotopic (exact) mass is 252 g/mol. The molecule has 1 amide bonds. The predicted octanol–water partition coefficient (Wildman–Crippen LogP) is 2.18. The number of hydrogen-bond acceptors (Lipinski definition) is 4. The van der Waals surface area contributed by atoms with Gasteiger partial charge in [-0.3, -0.25) is 4.79 Å². The average molecular weight is 252 g/mol. The second kappa shape index (κ2) is 5.31. The summed E-state index contributed by atoms with van der Waals surface area (Å²) in [5.41, 5.74) is 1.74. The van der Waals surface area contributed by atoms with Crippen molar-refractivity contribution in [1.82, 2.24) is 0 Å². The fourth-order valence-electron chi connectivity index (χ4n) is 1.79. The number of carbonyl (C=O) groups is 1. The third kappa shape index (κ3) is 2.66. The number of anilines is 2. The van der Waals surface area contributed by atoms with Crippen LogP contribution in [0.2, 0.25) is 0 Å². The normalized spacial score (nSPS) is 18.0. The number of nitrogens with one attached hydrogen (secondary N) is 2. The van der Waals surface area contributed by atoms with Crippen molar-refractivity contribution in [2.75, 3.05) is 29.8 Å². The number of amides is 1. The van der Waals surface area contributed by atoms with Crippen LogP contribution in [-0.2, 0) is 4.79 Å². The minimum absolute atomic E-state index is 0.0386. The molecule has 0 aliphatic carbocycles. The van der Waals surface area contributed by atoms with Crippen LogP contribution in [0.4, 0.5) is 11.4 Å². The number of thioether (sulfide) groups is 1. The molecule has 17 heavy (non-hydrogen) atoms. The fourth-order valence-corrected chi connectivity index (χ4v) is 2.26. The summed E-state index contributed by atoms with van der Waals surface area (Å²) >= 11 is 1.74. The van der Waals surface area contributed by atoms with Crippen molar-refractivity contribution < 1.29 is 9.53 Å². The minimum atomic E-state index is -0.151. The van der Waals surface area contributed by atoms with E-state index < -0.39 is 0 Å². The summed E-state index contributed by atoms with van der Waals surface area (Å²) in [6.07, 6.45) is 2.86. The van der Waals surface area contributed by atoms with E-state index in [1.165, 1.54) is 0 Å². The van der Waals surface area contributed by atoms with Crippen LogP contribution in [-0.4, -0.2) is 31.1 Å². The van der Waals surface area contributed by atoms with Crippen molar-refractivity contribution >= 4 is 29.0 Å². The van der Waals surface area contributed by atoms with Gasteiger partial charge in [0.05, 0.1) is 18.5 Å². The predicted molar refractivity (Wildman–Crippen MR) is 72.0 cm³/mol. The van der Waals surface area contributed by atoms with Crippen molar-refractivity contribution in [1.29, 1.82) is 0 Å². The number of rotatable bonds is 4. The molecule has 0 aromatic heterocycles. The molecule has 0 saturated carbocycles. The molecule has 1 aromatic rings. The molecule has 0 saturated heterocycles. The van der Waals surface area contributed by atoms with Crippen molar-refractivity contribution in [3.05, 3.63) is 18.2 Å². The standard InChI is InChI=1S/C12H16N2O2S/c1-16-8-3-4-9-11(7-8)13-10(5-6-17-2)12(15)14-9/h3-4,7,10,13H,5-6H2,1-2H3,(H,14,15). The fraction of sp³-hybridized carbons (Fsp3) is 0.417. The zero-order valence-electron chi connectivity index (χ0n) is 9.95. The van der Waals surface area contributed by atoms with Crippen LogP contribution in [0.1, 0.15) is 6.42 Å². The highest BCUT2D eigenvalue weighted by atomic mass is 32.2. The van der Waals surface area contributed by atoms with Gasteiger partial charge < -0.3 is 15.4 Å². The van der Waals surface area contributed by atoms with E-state index in [9.17, 15) is 4.79 Å². The van der Waals surface area contributed by atoms with Crippen LogP contribution in [0.15, 0.2) is 18.2 Å². The van der Waals surface area contributed by atoms with Gasteiger partial charge in [0, 0.05) is 6.07 Å². The Kier molecular flexibility index (Phi) is 3.78. The third-order valence-electron chi connectivity index (χ3n) is 2.74. The Morgan fingerprint density at radius 2 is 2.24 bits per heavy atom. The quantitative estimate of drug-likeness (QED) is 0.862. The Hall–Kier alpha value is -1.36. The highest BCUT2D eigenvalue weighted by Crippen LogP contribution is 2.31. The highest BCUT2D eigenvalue weighted by Gasteiger charge is 2.24. The first-order chi connectivity index (χ1) is 8.24. The topological polar surface area (TPSA) is 50.4 Å². The molecule has 1 atom stereocenters. The molecule has 1 heterocycles. The van der Waals surface area contributed by atoms with E-state index in [1.807, 2.05) is 24.5 Å². The van der Waals surface area contributed by atoms with Gasteiger partial charge in [0.15, 0.2) is 0 Å². The summed E-state index contributed by atoms with van der Waals surface area (Å²) in [7, 11) is 1.63. The molecular formula is C12H16N2O2S. The Balaban J connectivity index is 2.16. The van der Waals surface area contributed by atoms with E-state index in [0.29, 0.717) is 0 Å². The van der Waals surface area contributed by atoms with E-state index in [1.54, 1.807) is 18.9 Å². The van der Waals surface area contributed by atoms with Gasteiger partial charge in [0.2, 0.25) is 5.91 Å². The Labute approximate surface area is 105 Å². The molecule has 0 spiro atoms. The molecule has 1 aliphatic heterocycles. The third-order valence-corrected chi connectivity index (χ3v) is 3.39. The molecule has 92 valence electrons. The molecule has 2 N–H and O–H groups in total. The first-order valence-electron chi connectivity index (χ1n) is 5.49. The first-order valence-corrected chi connectivity index (χ1v) is 6.88. The summed E-state index contributed by atoms with van der Waals surface area (Å²) < 4.78 is 5.17. The van der Waals surface area contributed by atoms with Crippen LogP contribution >= 0.6 is 11.8 Å². The molecule has 0 bridgehead atoms. The van der Waals surface area contributed by atoms with Crippen molar-refractivity contribution in [3.63, 3.8) is 0 Å².